The van der Waals surface area contributed by atoms with Gasteiger partial charge >= 0.3 is 0 Å². The number of hydrogen-bond donors (Lipinski definition) is 1. The van der Waals surface area contributed by atoms with Gasteiger partial charge in [0.25, 0.3) is 0 Å². The Bertz CT molecular complexity index is 627. The van der Waals surface area contributed by atoms with Gasteiger partial charge in [0.15, 0.2) is 11.6 Å². The third-order valence-electron chi connectivity index (χ3n) is 3.97. The first-order valence-corrected chi connectivity index (χ1v) is 6.79. The molecule has 0 spiro atoms. The van der Waals surface area contributed by atoms with Crippen LogP contribution in [-0.2, 0) is 0 Å². The summed E-state index contributed by atoms with van der Waals surface area (Å²) in [6, 6.07) is 7.21. The summed E-state index contributed by atoms with van der Waals surface area (Å²) in [6.45, 7) is 0. The zero-order valence-electron chi connectivity index (χ0n) is 11.8. The molecule has 1 aliphatic rings. The highest BCUT2D eigenvalue weighted by Gasteiger charge is 2.26. The Kier molecular flexibility index (Phi) is 4.68. The molecule has 0 saturated heterocycles. The highest BCUT2D eigenvalue weighted by molar-refractivity contribution is 5.85. The molecule has 3 rings (SSSR count). The number of aromatic nitrogens is 1. The van der Waals surface area contributed by atoms with E-state index in [1.807, 2.05) is 6.07 Å². The first-order chi connectivity index (χ1) is 9.70. The van der Waals surface area contributed by atoms with Crippen molar-refractivity contribution >= 4 is 18.2 Å². The van der Waals surface area contributed by atoms with Gasteiger partial charge < -0.3 is 10.5 Å². The van der Waals surface area contributed by atoms with Crippen LogP contribution in [0.1, 0.15) is 30.7 Å². The first kappa shape index (κ1) is 15.6. The normalized spacial score (nSPS) is 14.2. The number of methoxy groups -OCH3 is 1. The van der Waals surface area contributed by atoms with Gasteiger partial charge in [0, 0.05) is 22.9 Å². The second-order valence-corrected chi connectivity index (χ2v) is 5.15. The van der Waals surface area contributed by atoms with Crippen molar-refractivity contribution in [1.82, 2.24) is 4.98 Å². The van der Waals surface area contributed by atoms with Crippen molar-refractivity contribution in [3.8, 4) is 16.9 Å². The number of hydrogen-bond acceptors (Lipinski definition) is 3. The third kappa shape index (κ3) is 2.81. The van der Waals surface area contributed by atoms with Crippen LogP contribution in [0.3, 0.4) is 0 Å². The van der Waals surface area contributed by atoms with E-state index in [4.69, 9.17) is 10.5 Å². The predicted molar refractivity (Wildman–Crippen MR) is 84.4 cm³/mol. The molecule has 1 aliphatic carbocycles. The average Bonchev–Trinajstić information content (AvgIpc) is 2.39. The third-order valence-corrected chi connectivity index (χ3v) is 3.97. The number of ether oxygens (including phenoxy) is 1. The lowest BCUT2D eigenvalue weighted by atomic mass is 9.79. The Morgan fingerprint density at radius 3 is 2.52 bits per heavy atom. The van der Waals surface area contributed by atoms with E-state index in [9.17, 15) is 4.39 Å². The molecule has 112 valence electrons. The largest absolute Gasteiger partial charge is 0.493 e. The van der Waals surface area contributed by atoms with Crippen molar-refractivity contribution in [2.45, 2.75) is 25.2 Å². The average molecular weight is 309 g/mol. The lowest BCUT2D eigenvalue weighted by molar-refractivity contribution is 0.355. The molecule has 2 N–H and O–H groups in total. The molecule has 0 atom stereocenters. The number of pyridine rings is 1. The van der Waals surface area contributed by atoms with Crippen LogP contribution in [-0.4, -0.2) is 12.1 Å². The van der Waals surface area contributed by atoms with Gasteiger partial charge in [0.05, 0.1) is 7.11 Å². The summed E-state index contributed by atoms with van der Waals surface area (Å²) in [5, 5.41) is 0. The molecule has 5 heteroatoms. The van der Waals surface area contributed by atoms with E-state index >= 15 is 0 Å². The van der Waals surface area contributed by atoms with Gasteiger partial charge in [-0.25, -0.2) is 9.37 Å². The van der Waals surface area contributed by atoms with Gasteiger partial charge in [-0.2, -0.15) is 0 Å². The maximum atomic E-state index is 14.7. The van der Waals surface area contributed by atoms with E-state index in [0.29, 0.717) is 28.6 Å². The monoisotopic (exact) mass is 308 g/mol. The summed E-state index contributed by atoms with van der Waals surface area (Å²) in [4.78, 5) is 4.01. The molecule has 1 fully saturated rings. The van der Waals surface area contributed by atoms with Gasteiger partial charge in [-0.1, -0.05) is 18.6 Å². The Morgan fingerprint density at radius 2 is 2.00 bits per heavy atom. The number of nitrogens with two attached hydrogens (primary N) is 1. The van der Waals surface area contributed by atoms with Crippen LogP contribution in [0.5, 0.6) is 5.75 Å². The molecule has 0 amide bonds. The molecule has 2 aromatic rings. The summed E-state index contributed by atoms with van der Waals surface area (Å²) >= 11 is 0. The molecular formula is C16H18ClFN2O. The Hall–Kier alpha value is -1.81. The molecule has 3 nitrogen and oxygen atoms in total. The fourth-order valence-corrected chi connectivity index (χ4v) is 2.61. The number of anilines is 1. The predicted octanol–water partition coefficient (Wildman–Crippen LogP) is 4.17. The second kappa shape index (κ2) is 6.31. The van der Waals surface area contributed by atoms with Gasteiger partial charge in [-0.05, 0) is 30.9 Å². The zero-order chi connectivity index (χ0) is 14.1. The maximum absolute atomic E-state index is 14.7. The van der Waals surface area contributed by atoms with E-state index < -0.39 is 0 Å². The molecule has 0 bridgehead atoms. The van der Waals surface area contributed by atoms with Crippen LogP contribution in [0.15, 0.2) is 30.5 Å². The summed E-state index contributed by atoms with van der Waals surface area (Å²) < 4.78 is 20.0. The molecule has 1 heterocycles. The molecule has 0 aliphatic heterocycles. The van der Waals surface area contributed by atoms with Crippen LogP contribution in [0.2, 0.25) is 0 Å². The minimum atomic E-state index is -0.316. The van der Waals surface area contributed by atoms with Crippen molar-refractivity contribution < 1.29 is 9.13 Å². The van der Waals surface area contributed by atoms with Gasteiger partial charge in [0.2, 0.25) is 0 Å². The number of halogens is 2. The minimum absolute atomic E-state index is 0. The van der Waals surface area contributed by atoms with E-state index in [-0.39, 0.29) is 18.2 Å². The summed E-state index contributed by atoms with van der Waals surface area (Å²) in [6.07, 6.45) is 5.01. The Morgan fingerprint density at radius 1 is 1.24 bits per heavy atom. The van der Waals surface area contributed by atoms with Crippen LogP contribution >= 0.6 is 12.4 Å². The Balaban J connectivity index is 0.00000161. The van der Waals surface area contributed by atoms with Crippen molar-refractivity contribution in [3.63, 3.8) is 0 Å². The molecule has 1 saturated carbocycles. The van der Waals surface area contributed by atoms with E-state index in [1.54, 1.807) is 24.4 Å². The quantitative estimate of drug-likeness (QED) is 0.926. The Labute approximate surface area is 129 Å². The topological polar surface area (TPSA) is 48.1 Å². The number of benzene rings is 1. The summed E-state index contributed by atoms with van der Waals surface area (Å²) in [5.74, 6) is 0.901. The smallest absolute Gasteiger partial charge is 0.173 e. The molecular weight excluding hydrogens is 291 g/mol. The van der Waals surface area contributed by atoms with Crippen molar-refractivity contribution in [2.75, 3.05) is 12.8 Å². The van der Waals surface area contributed by atoms with Crippen LogP contribution < -0.4 is 10.5 Å². The molecule has 0 radical (unpaired) electrons. The van der Waals surface area contributed by atoms with Gasteiger partial charge in [-0.15, -0.1) is 12.4 Å². The zero-order valence-corrected chi connectivity index (χ0v) is 12.6. The van der Waals surface area contributed by atoms with Gasteiger partial charge in [0.1, 0.15) is 5.82 Å². The SMILES string of the molecule is COc1c(C2CCC2)ccc(-c2ccc(N)nc2)c1F.Cl. The highest BCUT2D eigenvalue weighted by Crippen LogP contribution is 2.43. The highest BCUT2D eigenvalue weighted by atomic mass is 35.5. The number of nitrogen functional groups attached to an aromatic ring is 1. The van der Waals surface area contributed by atoms with Gasteiger partial charge in [-0.3, -0.25) is 0 Å². The molecule has 21 heavy (non-hydrogen) atoms. The summed E-state index contributed by atoms with van der Waals surface area (Å²) in [7, 11) is 1.52. The standard InChI is InChI=1S/C16H17FN2O.ClH/c1-20-16-13(10-3-2-4-10)7-6-12(15(16)17)11-5-8-14(18)19-9-11;/h5-10H,2-4H2,1H3,(H2,18,19);1H. The molecule has 1 aromatic carbocycles. The van der Waals surface area contributed by atoms with E-state index in [1.165, 1.54) is 13.5 Å². The number of rotatable bonds is 3. The second-order valence-electron chi connectivity index (χ2n) is 5.15. The van der Waals surface area contributed by atoms with E-state index in [0.717, 1.165) is 18.4 Å². The van der Waals surface area contributed by atoms with E-state index in [2.05, 4.69) is 4.98 Å². The fourth-order valence-electron chi connectivity index (χ4n) is 2.61. The molecule has 0 unspecified atom stereocenters. The van der Waals surface area contributed by atoms with Crippen molar-refractivity contribution in [1.29, 1.82) is 0 Å². The lowest BCUT2D eigenvalue weighted by Gasteiger charge is -2.27. The first-order valence-electron chi connectivity index (χ1n) is 6.79. The van der Waals surface area contributed by atoms with Crippen molar-refractivity contribution in [2.24, 2.45) is 0 Å². The van der Waals surface area contributed by atoms with Crippen molar-refractivity contribution in [3.05, 3.63) is 41.8 Å². The fraction of sp³-hybridized carbons (Fsp3) is 0.312. The van der Waals surface area contributed by atoms with Crippen LogP contribution in [0.25, 0.3) is 11.1 Å². The van der Waals surface area contributed by atoms with Crippen LogP contribution in [0.4, 0.5) is 10.2 Å². The molecule has 1 aromatic heterocycles. The van der Waals surface area contributed by atoms with Crippen LogP contribution in [0, 0.1) is 5.82 Å². The lowest BCUT2D eigenvalue weighted by Crippen LogP contribution is -2.11. The minimum Gasteiger partial charge on any atom is -0.493 e. The maximum Gasteiger partial charge on any atom is 0.173 e. The summed E-state index contributed by atoms with van der Waals surface area (Å²) in [5.41, 5.74) is 7.74. The number of nitrogens with zero attached hydrogens (tertiary/aromatic N) is 1.